The zero-order valence-electron chi connectivity index (χ0n) is 10.5. The van der Waals surface area contributed by atoms with Crippen LogP contribution < -0.4 is 5.73 Å². The maximum Gasteiger partial charge on any atom is 0.289 e. The van der Waals surface area contributed by atoms with Crippen molar-refractivity contribution in [2.24, 2.45) is 5.73 Å². The third kappa shape index (κ3) is 2.52. The zero-order valence-corrected chi connectivity index (χ0v) is 10.5. The van der Waals surface area contributed by atoms with Crippen molar-refractivity contribution in [3.63, 3.8) is 0 Å². The molecule has 0 saturated carbocycles. The third-order valence-electron chi connectivity index (χ3n) is 3.40. The van der Waals surface area contributed by atoms with Crippen LogP contribution >= 0.6 is 0 Å². The molecule has 0 radical (unpaired) electrons. The summed E-state index contributed by atoms with van der Waals surface area (Å²) >= 11 is 0. The first-order valence-electron chi connectivity index (χ1n) is 6.27. The first-order chi connectivity index (χ1) is 8.11. The first kappa shape index (κ1) is 12.2. The van der Waals surface area contributed by atoms with Crippen molar-refractivity contribution >= 4 is 5.91 Å². The summed E-state index contributed by atoms with van der Waals surface area (Å²) in [5, 5.41) is 0. The molecule has 94 valence electrons. The lowest BCUT2D eigenvalue weighted by molar-refractivity contribution is 0.0585. The van der Waals surface area contributed by atoms with Crippen LogP contribution in [0.4, 0.5) is 0 Å². The van der Waals surface area contributed by atoms with Gasteiger partial charge in [0.15, 0.2) is 5.76 Å². The van der Waals surface area contributed by atoms with Gasteiger partial charge in [-0.15, -0.1) is 0 Å². The van der Waals surface area contributed by atoms with Crippen molar-refractivity contribution in [2.75, 3.05) is 6.54 Å². The lowest BCUT2D eigenvalue weighted by Gasteiger charge is -2.35. The molecule has 1 amide bonds. The van der Waals surface area contributed by atoms with E-state index < -0.39 is 0 Å². The molecule has 4 heteroatoms. The number of likely N-dealkylation sites (tertiary alicyclic amines) is 1. The topological polar surface area (TPSA) is 59.5 Å². The molecule has 1 aromatic rings. The van der Waals surface area contributed by atoms with Crippen LogP contribution in [0.25, 0.3) is 0 Å². The highest BCUT2D eigenvalue weighted by molar-refractivity contribution is 5.91. The Morgan fingerprint density at radius 2 is 2.35 bits per heavy atom. The molecule has 0 aliphatic carbocycles. The van der Waals surface area contributed by atoms with Crippen LogP contribution in [-0.2, 0) is 6.42 Å². The summed E-state index contributed by atoms with van der Waals surface area (Å²) in [5.41, 5.74) is 5.89. The standard InChI is InChI=1S/C13H20N2O2/c1-3-11-4-5-12(17-11)13(16)15-7-6-10(14)8-9(15)2/h4-5,9-10H,3,6-8,14H2,1-2H3. The Morgan fingerprint density at radius 3 is 2.94 bits per heavy atom. The molecular weight excluding hydrogens is 216 g/mol. The van der Waals surface area contributed by atoms with Crippen LogP contribution in [0, 0.1) is 0 Å². The summed E-state index contributed by atoms with van der Waals surface area (Å²) in [4.78, 5) is 14.1. The average molecular weight is 236 g/mol. The minimum atomic E-state index is -0.0101. The summed E-state index contributed by atoms with van der Waals surface area (Å²) in [6, 6.07) is 4.05. The molecule has 4 nitrogen and oxygen atoms in total. The van der Waals surface area contributed by atoms with E-state index in [1.807, 2.05) is 24.8 Å². The Bertz CT molecular complexity index is 400. The Hall–Kier alpha value is -1.29. The molecule has 2 heterocycles. The molecule has 1 aliphatic heterocycles. The molecule has 17 heavy (non-hydrogen) atoms. The van der Waals surface area contributed by atoms with E-state index in [0.29, 0.717) is 5.76 Å². The number of furan rings is 1. The van der Waals surface area contributed by atoms with E-state index in [2.05, 4.69) is 0 Å². The van der Waals surface area contributed by atoms with Crippen molar-refractivity contribution in [3.05, 3.63) is 23.7 Å². The van der Waals surface area contributed by atoms with Gasteiger partial charge in [-0.2, -0.15) is 0 Å². The van der Waals surface area contributed by atoms with Crippen LogP contribution in [0.2, 0.25) is 0 Å². The lowest BCUT2D eigenvalue weighted by Crippen LogP contribution is -2.48. The Kier molecular flexibility index (Phi) is 3.52. The maximum absolute atomic E-state index is 12.2. The molecule has 1 aliphatic rings. The molecule has 2 atom stereocenters. The second-order valence-electron chi connectivity index (χ2n) is 4.75. The smallest absolute Gasteiger partial charge is 0.289 e. The number of nitrogens with zero attached hydrogens (tertiary/aromatic N) is 1. The van der Waals surface area contributed by atoms with Gasteiger partial charge in [0.1, 0.15) is 5.76 Å². The van der Waals surface area contributed by atoms with Crippen molar-refractivity contribution < 1.29 is 9.21 Å². The second kappa shape index (κ2) is 4.92. The first-order valence-corrected chi connectivity index (χ1v) is 6.27. The van der Waals surface area contributed by atoms with Gasteiger partial charge in [-0.3, -0.25) is 4.79 Å². The summed E-state index contributed by atoms with van der Waals surface area (Å²) in [6.45, 7) is 4.78. The molecule has 0 aromatic carbocycles. The number of amides is 1. The fraction of sp³-hybridized carbons (Fsp3) is 0.615. The van der Waals surface area contributed by atoms with Gasteiger partial charge < -0.3 is 15.1 Å². The van der Waals surface area contributed by atoms with Crippen molar-refractivity contribution in [1.82, 2.24) is 4.90 Å². The summed E-state index contributed by atoms with van der Waals surface area (Å²) in [6.07, 6.45) is 2.55. The van der Waals surface area contributed by atoms with E-state index in [1.165, 1.54) is 0 Å². The fourth-order valence-electron chi connectivity index (χ4n) is 2.33. The number of carbonyl (C=O) groups excluding carboxylic acids is 1. The third-order valence-corrected chi connectivity index (χ3v) is 3.40. The molecule has 0 bridgehead atoms. The van der Waals surface area contributed by atoms with Gasteiger partial charge in [0.2, 0.25) is 0 Å². The SMILES string of the molecule is CCc1ccc(C(=O)N2CCC(N)CC2C)o1. The van der Waals surface area contributed by atoms with Gasteiger partial charge in [0, 0.05) is 25.0 Å². The monoisotopic (exact) mass is 236 g/mol. The molecule has 1 aromatic heterocycles. The number of rotatable bonds is 2. The highest BCUT2D eigenvalue weighted by Crippen LogP contribution is 2.20. The van der Waals surface area contributed by atoms with Crippen LogP contribution in [0.1, 0.15) is 43.0 Å². The number of piperidine rings is 1. The molecule has 2 unspecified atom stereocenters. The molecule has 2 rings (SSSR count). The van der Waals surface area contributed by atoms with Gasteiger partial charge in [0.25, 0.3) is 5.91 Å². The van der Waals surface area contributed by atoms with E-state index in [0.717, 1.165) is 31.6 Å². The quantitative estimate of drug-likeness (QED) is 0.851. The highest BCUT2D eigenvalue weighted by atomic mass is 16.4. The largest absolute Gasteiger partial charge is 0.456 e. The van der Waals surface area contributed by atoms with Gasteiger partial charge in [-0.25, -0.2) is 0 Å². The molecule has 1 fully saturated rings. The number of nitrogens with two attached hydrogens (primary N) is 1. The van der Waals surface area contributed by atoms with Crippen LogP contribution in [0.3, 0.4) is 0 Å². The fourth-order valence-corrected chi connectivity index (χ4v) is 2.33. The Labute approximate surface area is 102 Å². The van der Waals surface area contributed by atoms with E-state index in [-0.39, 0.29) is 18.0 Å². The van der Waals surface area contributed by atoms with E-state index in [1.54, 1.807) is 6.07 Å². The lowest BCUT2D eigenvalue weighted by atomic mass is 9.99. The summed E-state index contributed by atoms with van der Waals surface area (Å²) in [5.74, 6) is 1.29. The van der Waals surface area contributed by atoms with E-state index in [9.17, 15) is 4.79 Å². The van der Waals surface area contributed by atoms with E-state index in [4.69, 9.17) is 10.2 Å². The summed E-state index contributed by atoms with van der Waals surface area (Å²) in [7, 11) is 0. The number of hydrogen-bond acceptors (Lipinski definition) is 3. The molecule has 0 spiro atoms. The molecule has 1 saturated heterocycles. The van der Waals surface area contributed by atoms with Gasteiger partial charge in [0.05, 0.1) is 0 Å². The number of aryl methyl sites for hydroxylation is 1. The van der Waals surface area contributed by atoms with Crippen LogP contribution in [0.15, 0.2) is 16.5 Å². The molecular formula is C13H20N2O2. The summed E-state index contributed by atoms with van der Waals surface area (Å²) < 4.78 is 5.50. The average Bonchev–Trinajstić information content (AvgIpc) is 2.76. The van der Waals surface area contributed by atoms with Gasteiger partial charge in [-0.05, 0) is 31.9 Å². The van der Waals surface area contributed by atoms with Gasteiger partial charge >= 0.3 is 0 Å². The predicted octanol–water partition coefficient (Wildman–Crippen LogP) is 1.79. The second-order valence-corrected chi connectivity index (χ2v) is 4.75. The van der Waals surface area contributed by atoms with Gasteiger partial charge in [-0.1, -0.05) is 6.92 Å². The zero-order chi connectivity index (χ0) is 12.4. The Balaban J connectivity index is 2.09. The Morgan fingerprint density at radius 1 is 1.59 bits per heavy atom. The van der Waals surface area contributed by atoms with Crippen molar-refractivity contribution in [1.29, 1.82) is 0 Å². The van der Waals surface area contributed by atoms with Crippen LogP contribution in [-0.4, -0.2) is 29.4 Å². The normalized spacial score (nSPS) is 25.0. The molecule has 2 N–H and O–H groups in total. The minimum absolute atomic E-state index is 0.0101. The van der Waals surface area contributed by atoms with Crippen LogP contribution in [0.5, 0.6) is 0 Å². The number of carbonyl (C=O) groups is 1. The number of hydrogen-bond donors (Lipinski definition) is 1. The highest BCUT2D eigenvalue weighted by Gasteiger charge is 2.29. The minimum Gasteiger partial charge on any atom is -0.456 e. The van der Waals surface area contributed by atoms with E-state index >= 15 is 0 Å². The van der Waals surface area contributed by atoms with Crippen molar-refractivity contribution in [3.8, 4) is 0 Å². The maximum atomic E-state index is 12.2. The predicted molar refractivity (Wildman–Crippen MR) is 65.8 cm³/mol. The van der Waals surface area contributed by atoms with Crippen molar-refractivity contribution in [2.45, 2.75) is 45.2 Å².